The summed E-state index contributed by atoms with van der Waals surface area (Å²) in [6.45, 7) is 2.67. The highest BCUT2D eigenvalue weighted by Crippen LogP contribution is 2.29. The van der Waals surface area contributed by atoms with Crippen LogP contribution in [0.15, 0.2) is 47.4 Å². The monoisotopic (exact) mass is 344 g/mol. The van der Waals surface area contributed by atoms with Crippen LogP contribution in [0.25, 0.3) is 0 Å². The van der Waals surface area contributed by atoms with Gasteiger partial charge in [0.15, 0.2) is 5.79 Å². The third kappa shape index (κ3) is 3.89. The van der Waals surface area contributed by atoms with Crippen LogP contribution in [0.2, 0.25) is 0 Å². The van der Waals surface area contributed by atoms with Crippen molar-refractivity contribution in [2.45, 2.75) is 19.3 Å². The summed E-state index contributed by atoms with van der Waals surface area (Å²) in [5, 5.41) is 2.74. The minimum atomic E-state index is -0.899. The van der Waals surface area contributed by atoms with Crippen LogP contribution in [0.4, 0.5) is 5.69 Å². The normalized spacial score (nSPS) is 15.8. The molecule has 0 saturated carbocycles. The fourth-order valence-corrected chi connectivity index (χ4v) is 2.63. The van der Waals surface area contributed by atoms with Crippen molar-refractivity contribution in [1.82, 2.24) is 4.57 Å². The van der Waals surface area contributed by atoms with E-state index in [0.29, 0.717) is 30.2 Å². The molecule has 1 saturated heterocycles. The summed E-state index contributed by atoms with van der Waals surface area (Å²) in [5.41, 5.74) is 0.986. The van der Waals surface area contributed by atoms with E-state index in [1.165, 1.54) is 10.6 Å². The largest absolute Gasteiger partial charge is 0.497 e. The van der Waals surface area contributed by atoms with Gasteiger partial charge in [0.05, 0.1) is 20.3 Å². The van der Waals surface area contributed by atoms with Gasteiger partial charge >= 0.3 is 0 Å². The summed E-state index contributed by atoms with van der Waals surface area (Å²) in [4.78, 5) is 24.4. The van der Waals surface area contributed by atoms with Crippen molar-refractivity contribution in [2.24, 2.45) is 0 Å². The van der Waals surface area contributed by atoms with Crippen molar-refractivity contribution in [3.63, 3.8) is 0 Å². The van der Waals surface area contributed by atoms with E-state index < -0.39 is 5.79 Å². The maximum Gasteiger partial charge on any atom is 0.251 e. The number of benzene rings is 1. The number of nitrogens with zero attached hydrogens (tertiary/aromatic N) is 1. The van der Waals surface area contributed by atoms with Gasteiger partial charge in [0.1, 0.15) is 12.3 Å². The molecule has 2 aromatic rings. The molecule has 1 N–H and O–H groups in total. The maximum absolute atomic E-state index is 12.3. The zero-order chi connectivity index (χ0) is 17.9. The lowest BCUT2D eigenvalue weighted by atomic mass is 10.1. The highest BCUT2D eigenvalue weighted by Gasteiger charge is 2.33. The Kier molecular flexibility index (Phi) is 4.87. The van der Waals surface area contributed by atoms with Gasteiger partial charge in [-0.3, -0.25) is 9.59 Å². The first kappa shape index (κ1) is 17.2. The maximum atomic E-state index is 12.3. The Labute approximate surface area is 145 Å². The topological polar surface area (TPSA) is 78.8 Å². The quantitative estimate of drug-likeness (QED) is 0.893. The number of hydrogen-bond acceptors (Lipinski definition) is 5. The molecule has 1 aliphatic rings. The number of amides is 1. The molecule has 3 rings (SSSR count). The summed E-state index contributed by atoms with van der Waals surface area (Å²) in [6.07, 6.45) is 1.57. The number of hydrogen-bond donors (Lipinski definition) is 1. The Balaban J connectivity index is 1.67. The van der Waals surface area contributed by atoms with E-state index in [1.54, 1.807) is 50.6 Å². The highest BCUT2D eigenvalue weighted by atomic mass is 16.7. The third-order valence-corrected chi connectivity index (χ3v) is 4.05. The SMILES string of the molecule is COc1ccc(NC(=O)Cn2ccc(C3(C)OCCO3)cc2=O)cc1. The van der Waals surface area contributed by atoms with Gasteiger partial charge in [-0.05, 0) is 37.3 Å². The van der Waals surface area contributed by atoms with E-state index >= 15 is 0 Å². The van der Waals surface area contributed by atoms with E-state index in [2.05, 4.69) is 5.32 Å². The lowest BCUT2D eigenvalue weighted by Crippen LogP contribution is -2.30. The van der Waals surface area contributed by atoms with Gasteiger partial charge in [-0.25, -0.2) is 0 Å². The second-order valence-electron chi connectivity index (χ2n) is 5.80. The third-order valence-electron chi connectivity index (χ3n) is 4.05. The molecule has 2 heterocycles. The van der Waals surface area contributed by atoms with Crippen LogP contribution in [-0.4, -0.2) is 30.8 Å². The first-order valence-corrected chi connectivity index (χ1v) is 7.93. The zero-order valence-electron chi connectivity index (χ0n) is 14.2. The number of rotatable bonds is 5. The molecule has 0 radical (unpaired) electrons. The number of ether oxygens (including phenoxy) is 3. The first-order chi connectivity index (χ1) is 12.0. The van der Waals surface area contributed by atoms with Crippen LogP contribution >= 0.6 is 0 Å². The van der Waals surface area contributed by atoms with Gasteiger partial charge in [0, 0.05) is 23.5 Å². The van der Waals surface area contributed by atoms with Gasteiger partial charge in [-0.2, -0.15) is 0 Å². The molecule has 0 spiro atoms. The van der Waals surface area contributed by atoms with E-state index in [4.69, 9.17) is 14.2 Å². The summed E-state index contributed by atoms with van der Waals surface area (Å²) in [7, 11) is 1.58. The molecule has 1 aliphatic heterocycles. The van der Waals surface area contributed by atoms with Crippen LogP contribution in [0.3, 0.4) is 0 Å². The summed E-state index contributed by atoms with van der Waals surface area (Å²) in [5.74, 6) is -0.488. The lowest BCUT2D eigenvalue weighted by molar-refractivity contribution is -0.149. The molecule has 0 aliphatic carbocycles. The van der Waals surface area contributed by atoms with Crippen LogP contribution in [-0.2, 0) is 26.6 Å². The van der Waals surface area contributed by atoms with Crippen LogP contribution in [0.5, 0.6) is 5.75 Å². The fraction of sp³-hybridized carbons (Fsp3) is 0.333. The Morgan fingerprint density at radius 1 is 1.24 bits per heavy atom. The second-order valence-corrected chi connectivity index (χ2v) is 5.80. The minimum Gasteiger partial charge on any atom is -0.497 e. The molecule has 25 heavy (non-hydrogen) atoms. The van der Waals surface area contributed by atoms with Crippen molar-refractivity contribution in [3.8, 4) is 5.75 Å². The molecule has 1 fully saturated rings. The molecule has 1 aromatic heterocycles. The van der Waals surface area contributed by atoms with Gasteiger partial charge in [0.25, 0.3) is 5.56 Å². The summed E-state index contributed by atoms with van der Waals surface area (Å²) < 4.78 is 17.5. The molecule has 132 valence electrons. The van der Waals surface area contributed by atoms with Crippen LogP contribution in [0.1, 0.15) is 12.5 Å². The van der Waals surface area contributed by atoms with Crippen molar-refractivity contribution in [1.29, 1.82) is 0 Å². The smallest absolute Gasteiger partial charge is 0.251 e. The van der Waals surface area contributed by atoms with Crippen molar-refractivity contribution in [2.75, 3.05) is 25.6 Å². The van der Waals surface area contributed by atoms with Crippen molar-refractivity contribution < 1.29 is 19.0 Å². The van der Waals surface area contributed by atoms with Gasteiger partial charge in [-0.15, -0.1) is 0 Å². The molecule has 0 unspecified atom stereocenters. The van der Waals surface area contributed by atoms with Gasteiger partial charge in [0.2, 0.25) is 5.91 Å². The number of nitrogens with one attached hydrogen (secondary N) is 1. The molecule has 1 aromatic carbocycles. The minimum absolute atomic E-state index is 0.0798. The molecular weight excluding hydrogens is 324 g/mol. The Bertz CT molecular complexity index is 807. The van der Waals surface area contributed by atoms with E-state index in [-0.39, 0.29) is 18.0 Å². The van der Waals surface area contributed by atoms with E-state index in [1.807, 2.05) is 0 Å². The van der Waals surface area contributed by atoms with Gasteiger partial charge in [-0.1, -0.05) is 0 Å². The van der Waals surface area contributed by atoms with Crippen LogP contribution < -0.4 is 15.6 Å². The standard InChI is InChI=1S/C18H20N2O5/c1-18(24-9-10-25-18)13-7-8-20(17(22)11-13)12-16(21)19-14-3-5-15(23-2)6-4-14/h3-8,11H,9-10,12H2,1-2H3,(H,19,21). The zero-order valence-corrected chi connectivity index (χ0v) is 14.2. The molecule has 0 atom stereocenters. The number of pyridine rings is 1. The molecule has 7 heteroatoms. The Hall–Kier alpha value is -2.64. The first-order valence-electron chi connectivity index (χ1n) is 7.93. The summed E-state index contributed by atoms with van der Waals surface area (Å²) >= 11 is 0. The molecule has 7 nitrogen and oxygen atoms in total. The summed E-state index contributed by atoms with van der Waals surface area (Å²) in [6, 6.07) is 10.1. The molecular formula is C18H20N2O5. The lowest BCUT2D eigenvalue weighted by Gasteiger charge is -2.22. The molecule has 1 amide bonds. The van der Waals surface area contributed by atoms with Crippen molar-refractivity contribution in [3.05, 3.63) is 58.5 Å². The van der Waals surface area contributed by atoms with E-state index in [0.717, 1.165) is 0 Å². The fourth-order valence-electron chi connectivity index (χ4n) is 2.63. The van der Waals surface area contributed by atoms with Crippen molar-refractivity contribution >= 4 is 11.6 Å². The number of methoxy groups -OCH3 is 1. The predicted molar refractivity (Wildman–Crippen MR) is 91.6 cm³/mol. The predicted octanol–water partition coefficient (Wildman–Crippen LogP) is 1.72. The van der Waals surface area contributed by atoms with E-state index in [9.17, 15) is 9.59 Å². The van der Waals surface area contributed by atoms with Gasteiger partial charge < -0.3 is 24.1 Å². The number of carbonyl (C=O) groups is 1. The number of carbonyl (C=O) groups excluding carboxylic acids is 1. The average Bonchev–Trinajstić information content (AvgIpc) is 3.05. The number of aromatic nitrogens is 1. The molecule has 0 bridgehead atoms. The number of anilines is 1. The Morgan fingerprint density at radius 2 is 1.92 bits per heavy atom. The Morgan fingerprint density at radius 3 is 2.52 bits per heavy atom. The second kappa shape index (κ2) is 7.08. The van der Waals surface area contributed by atoms with Crippen LogP contribution in [0, 0.1) is 0 Å². The highest BCUT2D eigenvalue weighted by molar-refractivity contribution is 5.90. The average molecular weight is 344 g/mol.